The number of likely N-dealkylation sites (N-methyl/N-ethyl adjacent to an activating group) is 1. The van der Waals surface area contributed by atoms with Gasteiger partial charge < -0.3 is 11.1 Å². The summed E-state index contributed by atoms with van der Waals surface area (Å²) in [5.41, 5.74) is 6.24. The number of fused-ring (bicyclic) bond motifs is 1. The highest BCUT2D eigenvalue weighted by Gasteiger charge is 2.25. The summed E-state index contributed by atoms with van der Waals surface area (Å²) in [6.45, 7) is 1.65. The summed E-state index contributed by atoms with van der Waals surface area (Å²) in [5, 5.41) is 2.89. The van der Waals surface area contributed by atoms with E-state index in [1.807, 2.05) is 7.05 Å². The molecule has 0 aromatic heterocycles. The minimum atomic E-state index is -0.0504. The number of hydrogen-bond donors (Lipinski definition) is 2. The molecule has 1 aromatic carbocycles. The number of Topliss-reactive ketones (excluding diaryl/α,β-unsaturated/α-hetero) is 2. The smallest absolute Gasteiger partial charge is 0.171 e. The summed E-state index contributed by atoms with van der Waals surface area (Å²) in [5.74, 6) is -0.101. The molecule has 2 rings (SSSR count). The summed E-state index contributed by atoms with van der Waals surface area (Å²) in [4.78, 5) is 22.1. The van der Waals surface area contributed by atoms with Crippen molar-refractivity contribution in [3.8, 4) is 0 Å². The van der Waals surface area contributed by atoms with Crippen LogP contribution in [0.2, 0.25) is 0 Å². The number of carbonyl (C=O) groups excluding carboxylic acids is 2. The van der Waals surface area contributed by atoms with Crippen LogP contribution in [0.1, 0.15) is 27.1 Å². The van der Waals surface area contributed by atoms with E-state index in [0.717, 1.165) is 13.1 Å². The summed E-state index contributed by atoms with van der Waals surface area (Å²) in [6, 6.07) is 6.94. The molecular weight excluding hydrogens is 204 g/mol. The van der Waals surface area contributed by atoms with Gasteiger partial charge >= 0.3 is 0 Å². The number of ketones is 2. The zero-order chi connectivity index (χ0) is 12.0. The van der Waals surface area contributed by atoms with Crippen molar-refractivity contribution < 1.29 is 9.59 Å². The molecule has 0 bridgehead atoms. The van der Waals surface area contributed by atoms with Gasteiger partial charge in [0.2, 0.25) is 0 Å². The van der Waals surface area contributed by atoms with Crippen LogP contribution < -0.4 is 11.1 Å². The molecule has 0 saturated heterocycles. The van der Waals surface area contributed by atoms with Crippen molar-refractivity contribution in [1.29, 1.82) is 0 Å². The summed E-state index contributed by atoms with van der Waals surface area (Å²) in [7, 11) is 1.88. The highest BCUT2D eigenvalue weighted by molar-refractivity contribution is 6.24. The second-order valence-corrected chi connectivity index (χ2v) is 3.46. The molecule has 0 unspecified atom stereocenters. The van der Waals surface area contributed by atoms with Gasteiger partial charge in [-0.15, -0.1) is 0 Å². The second kappa shape index (κ2) is 6.15. The molecule has 1 aliphatic carbocycles. The lowest BCUT2D eigenvalue weighted by molar-refractivity contribution is 0.0923. The van der Waals surface area contributed by atoms with Crippen molar-refractivity contribution in [2.24, 2.45) is 5.73 Å². The maximum Gasteiger partial charge on any atom is 0.171 e. The Balaban J connectivity index is 0.000000221. The SMILES string of the molecule is CNCCN.O=C1CC(=O)c2ccccc21. The number of hydrogen-bond acceptors (Lipinski definition) is 4. The molecule has 0 fully saturated rings. The number of nitrogens with one attached hydrogen (secondary N) is 1. The van der Waals surface area contributed by atoms with E-state index in [2.05, 4.69) is 5.32 Å². The van der Waals surface area contributed by atoms with Gasteiger partial charge in [0, 0.05) is 24.2 Å². The summed E-state index contributed by atoms with van der Waals surface area (Å²) < 4.78 is 0. The lowest BCUT2D eigenvalue weighted by Crippen LogP contribution is -2.17. The van der Waals surface area contributed by atoms with Gasteiger partial charge in [-0.2, -0.15) is 0 Å². The fourth-order valence-electron chi connectivity index (χ4n) is 1.45. The molecule has 4 heteroatoms. The van der Waals surface area contributed by atoms with Gasteiger partial charge in [-0.1, -0.05) is 24.3 Å². The van der Waals surface area contributed by atoms with Crippen LogP contribution in [0.4, 0.5) is 0 Å². The Morgan fingerprint density at radius 1 is 1.19 bits per heavy atom. The average molecular weight is 220 g/mol. The monoisotopic (exact) mass is 220 g/mol. The van der Waals surface area contributed by atoms with Crippen LogP contribution in [0.25, 0.3) is 0 Å². The zero-order valence-electron chi connectivity index (χ0n) is 9.32. The highest BCUT2D eigenvalue weighted by Crippen LogP contribution is 2.20. The molecule has 0 saturated carbocycles. The van der Waals surface area contributed by atoms with Crippen molar-refractivity contribution in [2.75, 3.05) is 20.1 Å². The molecule has 0 aliphatic heterocycles. The first kappa shape index (κ1) is 12.5. The Hall–Kier alpha value is -1.52. The minimum absolute atomic E-state index is 0.0504. The quantitative estimate of drug-likeness (QED) is 0.717. The van der Waals surface area contributed by atoms with E-state index in [0.29, 0.717) is 11.1 Å². The van der Waals surface area contributed by atoms with Gasteiger partial charge in [0.25, 0.3) is 0 Å². The third-order valence-electron chi connectivity index (χ3n) is 2.24. The van der Waals surface area contributed by atoms with Crippen LogP contribution in [-0.2, 0) is 0 Å². The Morgan fingerprint density at radius 3 is 2.00 bits per heavy atom. The van der Waals surface area contributed by atoms with Gasteiger partial charge in [0.1, 0.15) is 0 Å². The maximum atomic E-state index is 11.1. The Labute approximate surface area is 94.8 Å². The Kier molecular flexibility index (Phi) is 4.82. The molecule has 16 heavy (non-hydrogen) atoms. The van der Waals surface area contributed by atoms with E-state index in [4.69, 9.17) is 5.73 Å². The Bertz CT molecular complexity index is 353. The molecule has 1 aromatic rings. The predicted molar refractivity (Wildman–Crippen MR) is 62.7 cm³/mol. The van der Waals surface area contributed by atoms with Crippen molar-refractivity contribution in [3.63, 3.8) is 0 Å². The summed E-state index contributed by atoms with van der Waals surface area (Å²) in [6.07, 6.45) is 0.0549. The van der Waals surface area contributed by atoms with Crippen LogP contribution in [0.5, 0.6) is 0 Å². The van der Waals surface area contributed by atoms with Gasteiger partial charge in [-0.05, 0) is 7.05 Å². The Morgan fingerprint density at radius 2 is 1.69 bits per heavy atom. The standard InChI is InChI=1S/C9H6O2.C3H10N2/c10-8-5-9(11)7-4-2-1-3-6(7)8;1-5-3-2-4/h1-4H,5H2;5H,2-4H2,1H3. The van der Waals surface area contributed by atoms with Crippen molar-refractivity contribution in [1.82, 2.24) is 5.32 Å². The maximum absolute atomic E-state index is 11.1. The van der Waals surface area contributed by atoms with E-state index in [1.165, 1.54) is 0 Å². The molecule has 4 nitrogen and oxygen atoms in total. The third kappa shape index (κ3) is 2.98. The predicted octanol–water partition coefficient (Wildman–Crippen LogP) is 0.620. The van der Waals surface area contributed by atoms with Gasteiger partial charge in [-0.25, -0.2) is 0 Å². The van der Waals surface area contributed by atoms with E-state index < -0.39 is 0 Å². The summed E-state index contributed by atoms with van der Waals surface area (Å²) >= 11 is 0. The highest BCUT2D eigenvalue weighted by atomic mass is 16.2. The molecule has 0 atom stereocenters. The fourth-order valence-corrected chi connectivity index (χ4v) is 1.45. The van der Waals surface area contributed by atoms with E-state index in [-0.39, 0.29) is 18.0 Å². The normalized spacial score (nSPS) is 13.1. The van der Waals surface area contributed by atoms with Gasteiger partial charge in [-0.3, -0.25) is 9.59 Å². The molecule has 3 N–H and O–H groups in total. The largest absolute Gasteiger partial charge is 0.329 e. The molecule has 0 amide bonds. The topological polar surface area (TPSA) is 72.2 Å². The molecule has 0 heterocycles. The second-order valence-electron chi connectivity index (χ2n) is 3.46. The van der Waals surface area contributed by atoms with E-state index in [1.54, 1.807) is 24.3 Å². The molecule has 86 valence electrons. The molecule has 0 radical (unpaired) electrons. The number of benzene rings is 1. The number of carbonyl (C=O) groups is 2. The van der Waals surface area contributed by atoms with Crippen LogP contribution >= 0.6 is 0 Å². The van der Waals surface area contributed by atoms with E-state index >= 15 is 0 Å². The minimum Gasteiger partial charge on any atom is -0.329 e. The average Bonchev–Trinajstić information content (AvgIpc) is 2.58. The lowest BCUT2D eigenvalue weighted by atomic mass is 10.1. The zero-order valence-corrected chi connectivity index (χ0v) is 9.32. The number of rotatable bonds is 2. The first-order valence-corrected chi connectivity index (χ1v) is 5.20. The first-order chi connectivity index (χ1) is 7.70. The molecular formula is C12H16N2O2. The number of nitrogens with two attached hydrogens (primary N) is 1. The van der Waals surface area contributed by atoms with Crippen LogP contribution in [0.15, 0.2) is 24.3 Å². The van der Waals surface area contributed by atoms with Crippen molar-refractivity contribution in [2.45, 2.75) is 6.42 Å². The van der Waals surface area contributed by atoms with Gasteiger partial charge in [0.05, 0.1) is 6.42 Å². The van der Waals surface area contributed by atoms with Crippen LogP contribution in [0, 0.1) is 0 Å². The van der Waals surface area contributed by atoms with Crippen LogP contribution in [-0.4, -0.2) is 31.7 Å². The lowest BCUT2D eigenvalue weighted by Gasteiger charge is -1.90. The van der Waals surface area contributed by atoms with Crippen molar-refractivity contribution in [3.05, 3.63) is 35.4 Å². The van der Waals surface area contributed by atoms with Gasteiger partial charge in [0.15, 0.2) is 11.6 Å². The van der Waals surface area contributed by atoms with Crippen molar-refractivity contribution >= 4 is 11.6 Å². The van der Waals surface area contributed by atoms with Crippen LogP contribution in [0.3, 0.4) is 0 Å². The first-order valence-electron chi connectivity index (χ1n) is 5.20. The molecule has 1 aliphatic rings. The fraction of sp³-hybridized carbons (Fsp3) is 0.333. The molecule has 0 spiro atoms. The van der Waals surface area contributed by atoms with E-state index in [9.17, 15) is 9.59 Å². The third-order valence-corrected chi connectivity index (χ3v) is 2.24.